The lowest BCUT2D eigenvalue weighted by molar-refractivity contribution is -0.136. The minimum Gasteiger partial charge on any atom is -0.379 e. The molecule has 10 atom stereocenters. The molecule has 0 aliphatic carbocycles. The zero-order chi connectivity index (χ0) is 70.8. The molecule has 7 amide bonds. The normalized spacial score (nSPS) is 23.3. The molecule has 5 heterocycles. The third-order valence-corrected chi connectivity index (χ3v) is 18.7. The van der Waals surface area contributed by atoms with Gasteiger partial charge in [0.1, 0.15) is 24.5 Å². The molecular formula is C66H102N18O13S. The molecule has 2 bridgehead atoms. The topological polar surface area (TPSA) is 485 Å². The van der Waals surface area contributed by atoms with E-state index in [1.54, 1.807) is 36.5 Å². The molecule has 2 fully saturated rings. The molecule has 1 aromatic carbocycles. The summed E-state index contributed by atoms with van der Waals surface area (Å²) in [4.78, 5) is 154. The average Bonchev–Trinajstić information content (AvgIpc) is 1.65. The largest absolute Gasteiger partial charge is 0.379 e. The zero-order valence-electron chi connectivity index (χ0n) is 56.5. The summed E-state index contributed by atoms with van der Waals surface area (Å²) in [5.74, 6) is -7.77. The fraction of sp³-hybridized carbons (Fsp3) is 0.652. The van der Waals surface area contributed by atoms with Crippen LogP contribution in [-0.2, 0) is 83.2 Å². The van der Waals surface area contributed by atoms with Crippen molar-refractivity contribution in [2.45, 2.75) is 190 Å². The van der Waals surface area contributed by atoms with Crippen LogP contribution in [-0.4, -0.2) is 196 Å². The van der Waals surface area contributed by atoms with Gasteiger partial charge in [0, 0.05) is 106 Å². The molecule has 540 valence electrons. The van der Waals surface area contributed by atoms with Gasteiger partial charge in [-0.25, -0.2) is 9.78 Å². The number of hydrogen-bond donors (Lipinski definition) is 12. The molecule has 3 aromatic rings. The molecule has 17 N–H and O–H groups in total. The number of aryl methyl sites for hydroxylation is 1. The van der Waals surface area contributed by atoms with Crippen LogP contribution in [0.2, 0.25) is 0 Å². The average molecular weight is 1390 g/mol. The maximum atomic E-state index is 15.0. The van der Waals surface area contributed by atoms with E-state index in [0.717, 1.165) is 25.0 Å². The fourth-order valence-electron chi connectivity index (χ4n) is 12.0. The summed E-state index contributed by atoms with van der Waals surface area (Å²) in [5.41, 5.74) is 29.9. The monoisotopic (exact) mass is 1390 g/mol. The summed E-state index contributed by atoms with van der Waals surface area (Å²) >= 11 is 1.87. The Hall–Kier alpha value is -8.36. The number of fused-ring (bicyclic) bond motifs is 3. The minimum absolute atomic E-state index is 0.00598. The van der Waals surface area contributed by atoms with Crippen LogP contribution in [0.3, 0.4) is 0 Å². The highest BCUT2D eigenvalue weighted by Crippen LogP contribution is 2.33. The molecule has 0 unspecified atom stereocenters. The number of benzene rings is 1. The van der Waals surface area contributed by atoms with Crippen LogP contribution < -0.4 is 60.6 Å². The number of amides is 7. The van der Waals surface area contributed by atoms with Gasteiger partial charge in [-0.2, -0.15) is 11.8 Å². The number of nitrogens with two attached hydrogens (primary N) is 5. The van der Waals surface area contributed by atoms with Gasteiger partial charge >= 0.3 is 6.03 Å². The van der Waals surface area contributed by atoms with Crippen molar-refractivity contribution >= 4 is 82.4 Å². The van der Waals surface area contributed by atoms with Gasteiger partial charge in [-0.05, 0) is 88.5 Å². The van der Waals surface area contributed by atoms with Crippen LogP contribution in [0.15, 0.2) is 59.0 Å². The van der Waals surface area contributed by atoms with Crippen molar-refractivity contribution in [2.75, 3.05) is 58.5 Å². The van der Waals surface area contributed by atoms with Gasteiger partial charge < -0.3 is 79.8 Å². The predicted molar refractivity (Wildman–Crippen MR) is 366 cm³/mol. The maximum Gasteiger partial charge on any atom is 0.315 e. The summed E-state index contributed by atoms with van der Waals surface area (Å²) in [6, 6.07) is 4.34. The van der Waals surface area contributed by atoms with Crippen molar-refractivity contribution in [3.63, 3.8) is 0 Å². The molecule has 0 radical (unpaired) electrons. The Balaban J connectivity index is 1.16. The Morgan fingerprint density at radius 2 is 1.31 bits per heavy atom. The molecule has 2 aromatic heterocycles. The van der Waals surface area contributed by atoms with E-state index in [-0.39, 0.29) is 159 Å². The van der Waals surface area contributed by atoms with Crippen LogP contribution in [0.4, 0.5) is 4.79 Å². The Morgan fingerprint density at radius 1 is 0.653 bits per heavy atom. The van der Waals surface area contributed by atoms with Crippen LogP contribution in [0.25, 0.3) is 0 Å². The molecule has 0 saturated carbocycles. The van der Waals surface area contributed by atoms with Gasteiger partial charge in [-0.15, -0.1) is 5.10 Å². The Kier molecular flexibility index (Phi) is 34.1. The smallest absolute Gasteiger partial charge is 0.315 e. The number of hydrogen-bond acceptors (Lipinski definition) is 19. The number of nitrogens with one attached hydrogen (secondary N) is 7. The standard InChI is InChI=1S/C66H102N18O13S/c1-41(2)29-53-63(93)77-51(59(67)89)18-8-9-23-84-37-47(82-83-84)32-44(33-49(86)38-97-28-27-96-26-25-95-24-12-17-48(85)16-6-7-20-57-58-54(39-98-57)80-66(94)81-58)61(91)76-50(19-11-22-74-65(70)71)55(87)35-45(31-46-36-72-40-75-46)62(92)78-52(30-42-13-4-3-5-14-42)56(88)34-43(60(90)79-53)15-10-21-73-64(68)69/h3-5,13-14,36-37,40-41,43-45,50-54,57-58H,6-12,15-35,38-39H2,1-2H3,(H2,67,89)(H,72,75)(H,76,91)(H,77,93)(H,78,92)(H,79,90)(H4,68,69,73)(H4,70,71,74)(H2,80,81,94)/t43-,44+,45-,50+,51-,52+,53+,54-,57-,58-/m0/s1. The lowest BCUT2D eigenvalue weighted by Gasteiger charge is -2.27. The number of aliphatic imine (C=N–C) groups is 2. The minimum atomic E-state index is -1.26. The first-order valence-electron chi connectivity index (χ1n) is 34.1. The van der Waals surface area contributed by atoms with Gasteiger partial charge in [-0.1, -0.05) is 55.8 Å². The number of primary amides is 1. The summed E-state index contributed by atoms with van der Waals surface area (Å²) in [6.07, 6.45) is 8.96. The number of urea groups is 1. The van der Waals surface area contributed by atoms with Gasteiger partial charge in [0.25, 0.3) is 0 Å². The third-order valence-electron chi connectivity index (χ3n) is 17.2. The van der Waals surface area contributed by atoms with E-state index in [1.807, 2.05) is 25.6 Å². The lowest BCUT2D eigenvalue weighted by atomic mass is 9.88. The first kappa shape index (κ1) is 78.6. The second kappa shape index (κ2) is 42.5. The van der Waals surface area contributed by atoms with E-state index >= 15 is 0 Å². The van der Waals surface area contributed by atoms with Gasteiger partial charge in [-0.3, -0.25) is 57.8 Å². The van der Waals surface area contributed by atoms with Crippen molar-refractivity contribution in [2.24, 2.45) is 62.3 Å². The summed E-state index contributed by atoms with van der Waals surface area (Å²) in [5, 5.41) is 26.3. The number of aromatic amines is 1. The number of imidazole rings is 1. The number of carbonyl (C=O) groups is 10. The summed E-state index contributed by atoms with van der Waals surface area (Å²) < 4.78 is 18.6. The lowest BCUT2D eigenvalue weighted by Crippen LogP contribution is -2.54. The number of ketones is 4. The third kappa shape index (κ3) is 29.0. The fourth-order valence-corrected chi connectivity index (χ4v) is 13.6. The number of guanidine groups is 2. The van der Waals surface area contributed by atoms with Crippen molar-refractivity contribution in [3.8, 4) is 0 Å². The highest BCUT2D eigenvalue weighted by molar-refractivity contribution is 8.00. The number of H-pyrrole nitrogens is 1. The van der Waals surface area contributed by atoms with Crippen LogP contribution in [0.5, 0.6) is 0 Å². The van der Waals surface area contributed by atoms with Crippen LogP contribution in [0, 0.1) is 23.7 Å². The number of Topliss-reactive ketones (excluding diaryl/α,β-unsaturated/α-hetero) is 4. The number of ether oxygens (including phenoxy) is 3. The number of nitrogens with zero attached hydrogens (tertiary/aromatic N) is 6. The number of rotatable bonds is 34. The van der Waals surface area contributed by atoms with Crippen molar-refractivity contribution < 1.29 is 62.2 Å². The Bertz CT molecular complexity index is 3110. The second-order valence-corrected chi connectivity index (χ2v) is 27.1. The first-order valence-corrected chi connectivity index (χ1v) is 35.2. The van der Waals surface area contributed by atoms with E-state index < -0.39 is 102 Å². The quantitative estimate of drug-likeness (QED) is 0.0169. The molecular weight excluding hydrogens is 1280 g/mol. The van der Waals surface area contributed by atoms with Crippen LogP contribution >= 0.6 is 11.8 Å². The van der Waals surface area contributed by atoms with E-state index in [0.29, 0.717) is 60.9 Å². The second-order valence-electron chi connectivity index (χ2n) is 25.8. The number of thioether (sulfide) groups is 1. The molecule has 32 heteroatoms. The highest BCUT2D eigenvalue weighted by Gasteiger charge is 2.43. The van der Waals surface area contributed by atoms with Crippen molar-refractivity contribution in [1.82, 2.24) is 56.9 Å². The Morgan fingerprint density at radius 3 is 2.01 bits per heavy atom. The molecule has 3 aliphatic rings. The van der Waals surface area contributed by atoms with Gasteiger partial charge in [0.05, 0.1) is 74.5 Å². The molecule has 2 saturated heterocycles. The van der Waals surface area contributed by atoms with E-state index in [9.17, 15) is 47.9 Å². The van der Waals surface area contributed by atoms with Crippen molar-refractivity contribution in [3.05, 3.63) is 66.0 Å². The molecule has 3 aliphatic heterocycles. The van der Waals surface area contributed by atoms with Gasteiger partial charge in [0.15, 0.2) is 29.3 Å². The first-order chi connectivity index (χ1) is 47.1. The summed E-state index contributed by atoms with van der Waals surface area (Å²) in [7, 11) is 0. The number of unbranched alkanes of at least 4 members (excludes halogenated alkanes) is 1. The zero-order valence-corrected chi connectivity index (χ0v) is 57.3. The summed E-state index contributed by atoms with van der Waals surface area (Å²) in [6.45, 7) is 4.93. The van der Waals surface area contributed by atoms with Crippen LogP contribution in [0.1, 0.15) is 140 Å². The molecule has 31 nitrogen and oxygen atoms in total. The number of aromatic nitrogens is 5. The highest BCUT2D eigenvalue weighted by atomic mass is 32.2. The van der Waals surface area contributed by atoms with E-state index in [2.05, 4.69) is 62.2 Å². The maximum absolute atomic E-state index is 15.0. The molecule has 98 heavy (non-hydrogen) atoms. The SMILES string of the molecule is CC(C)C[C@H]1NC(=O)[C@@H](CCCN=C(N)N)CC(=O)[C@@H](Cc2ccccc2)NC(=O)[C@@H](Cc2cnc[nH]2)CC(=O)[C@@H](CCCN=C(N)N)NC(=O)[C@@H](CC(=O)COCCOCCOCCCC(=O)CCCC[C@@H]2SC[C@@H]3NC(=O)N[C@@H]32)Cc2cn(nn2)CCCC[C@@H](C(N)=O)NC1=O. The van der Waals surface area contributed by atoms with Gasteiger partial charge in [0.2, 0.25) is 29.5 Å². The van der Waals surface area contributed by atoms with Crippen molar-refractivity contribution in [1.29, 1.82) is 0 Å². The Labute approximate surface area is 576 Å². The molecule has 0 spiro atoms. The number of carbonyl (C=O) groups excluding carboxylic acids is 10. The molecule has 6 rings (SSSR count). The van der Waals surface area contributed by atoms with E-state index in [4.69, 9.17) is 42.9 Å². The predicted octanol–water partition coefficient (Wildman–Crippen LogP) is 0.642. The van der Waals surface area contributed by atoms with E-state index in [1.165, 1.54) is 17.2 Å².